The van der Waals surface area contributed by atoms with Crippen molar-refractivity contribution in [3.05, 3.63) is 131 Å². The van der Waals surface area contributed by atoms with Crippen LogP contribution < -0.4 is 0 Å². The van der Waals surface area contributed by atoms with Crippen molar-refractivity contribution in [2.75, 3.05) is 0 Å². The van der Waals surface area contributed by atoms with Crippen molar-refractivity contribution in [1.29, 1.82) is 0 Å². The number of hydrogen-bond donors (Lipinski definition) is 0. The molecule has 0 radical (unpaired) electrons. The number of rotatable bonds is 1. The molecule has 190 valence electrons. The van der Waals surface area contributed by atoms with Crippen LogP contribution in [0, 0.1) is 0 Å². The van der Waals surface area contributed by atoms with Gasteiger partial charge >= 0.3 is 0 Å². The van der Waals surface area contributed by atoms with Crippen LogP contribution in [0.2, 0.25) is 0 Å². The smallest absolute Gasteiger partial charge is 0.0159 e. The maximum atomic E-state index is 2.51. The van der Waals surface area contributed by atoms with Gasteiger partial charge in [0.2, 0.25) is 0 Å². The molecule has 0 aromatic heterocycles. The minimum Gasteiger partial charge on any atom is -0.0619 e. The molecular formula is C40H30. The first-order valence-electron chi connectivity index (χ1n) is 14.4. The molecule has 0 spiro atoms. The SMILES string of the molecule is CC1(C)c2ccccc2-c2cc3c(cc21)-c1ccc(-c2ccc4ccc5cccc6ccc2c4c56)cc1C3(C)C. The van der Waals surface area contributed by atoms with Crippen LogP contribution in [-0.4, -0.2) is 0 Å². The predicted molar refractivity (Wildman–Crippen MR) is 171 cm³/mol. The highest BCUT2D eigenvalue weighted by Crippen LogP contribution is 2.56. The molecule has 0 heterocycles. The first kappa shape index (κ1) is 22.4. The molecule has 0 saturated heterocycles. The second-order valence-electron chi connectivity index (χ2n) is 13.0. The minimum atomic E-state index is -0.0683. The van der Waals surface area contributed by atoms with E-state index >= 15 is 0 Å². The maximum absolute atomic E-state index is 2.51. The molecular weight excluding hydrogens is 480 g/mol. The molecule has 0 atom stereocenters. The van der Waals surface area contributed by atoms with Gasteiger partial charge in [-0.15, -0.1) is 0 Å². The fourth-order valence-electron chi connectivity index (χ4n) is 8.08. The minimum absolute atomic E-state index is 0.00944. The summed E-state index contributed by atoms with van der Waals surface area (Å²) in [7, 11) is 0. The predicted octanol–water partition coefficient (Wildman–Crippen LogP) is 10.9. The van der Waals surface area contributed by atoms with Crippen LogP contribution in [0.4, 0.5) is 0 Å². The Kier molecular flexibility index (Phi) is 4.03. The standard InChI is InChI=1S/C40H30/c1-39(2)33-11-6-5-10-28(33)31-21-36-32(22-35(31)39)29-18-16-26(20-34(29)40(36,3)4)27-17-14-25-13-12-23-8-7-9-24-15-19-30(27)38(25)37(23)24/h5-22H,1-4H3. The second-order valence-corrected chi connectivity index (χ2v) is 13.0. The summed E-state index contributed by atoms with van der Waals surface area (Å²) in [5.41, 5.74) is 13.9. The van der Waals surface area contributed by atoms with Gasteiger partial charge < -0.3 is 0 Å². The molecule has 0 N–H and O–H groups in total. The molecule has 0 aliphatic heterocycles. The zero-order chi connectivity index (χ0) is 27.0. The summed E-state index contributed by atoms with van der Waals surface area (Å²) in [6.45, 7) is 9.57. The Morgan fingerprint density at radius 2 is 0.925 bits per heavy atom. The van der Waals surface area contributed by atoms with Gasteiger partial charge in [-0.3, -0.25) is 0 Å². The third-order valence-corrected chi connectivity index (χ3v) is 10.2. The van der Waals surface area contributed by atoms with Crippen molar-refractivity contribution in [2.24, 2.45) is 0 Å². The average Bonchev–Trinajstić information content (AvgIpc) is 3.34. The quantitative estimate of drug-likeness (QED) is 0.193. The van der Waals surface area contributed by atoms with Gasteiger partial charge in [0.15, 0.2) is 0 Å². The van der Waals surface area contributed by atoms with Crippen molar-refractivity contribution in [3.8, 4) is 33.4 Å². The number of benzene rings is 7. The molecule has 7 aromatic carbocycles. The van der Waals surface area contributed by atoms with Crippen LogP contribution >= 0.6 is 0 Å². The molecule has 2 aliphatic rings. The van der Waals surface area contributed by atoms with E-state index in [4.69, 9.17) is 0 Å². The first-order valence-corrected chi connectivity index (χ1v) is 14.4. The van der Waals surface area contributed by atoms with Gasteiger partial charge in [0.1, 0.15) is 0 Å². The molecule has 0 unspecified atom stereocenters. The number of hydrogen-bond acceptors (Lipinski definition) is 0. The lowest BCUT2D eigenvalue weighted by molar-refractivity contribution is 0.652. The largest absolute Gasteiger partial charge is 0.0619 e. The molecule has 0 fully saturated rings. The zero-order valence-corrected chi connectivity index (χ0v) is 23.4. The van der Waals surface area contributed by atoms with Crippen molar-refractivity contribution in [3.63, 3.8) is 0 Å². The van der Waals surface area contributed by atoms with Crippen LogP contribution in [0.3, 0.4) is 0 Å². The topological polar surface area (TPSA) is 0 Å². The molecule has 0 amide bonds. The Bertz CT molecular complexity index is 2190. The molecule has 40 heavy (non-hydrogen) atoms. The van der Waals surface area contributed by atoms with E-state index < -0.39 is 0 Å². The molecule has 2 aliphatic carbocycles. The third kappa shape index (κ3) is 2.62. The van der Waals surface area contributed by atoms with E-state index in [1.807, 2.05) is 0 Å². The highest BCUT2D eigenvalue weighted by molar-refractivity contribution is 6.25. The summed E-state index contributed by atoms with van der Waals surface area (Å²) < 4.78 is 0. The Hall–Kier alpha value is -4.42. The van der Waals surface area contributed by atoms with E-state index in [1.54, 1.807) is 0 Å². The molecule has 0 heteroatoms. The van der Waals surface area contributed by atoms with E-state index in [9.17, 15) is 0 Å². The summed E-state index contributed by atoms with van der Waals surface area (Å²) >= 11 is 0. The van der Waals surface area contributed by atoms with Gasteiger partial charge in [-0.25, -0.2) is 0 Å². The summed E-state index contributed by atoms with van der Waals surface area (Å²) in [6.07, 6.45) is 0. The van der Waals surface area contributed by atoms with Crippen molar-refractivity contribution in [1.82, 2.24) is 0 Å². The molecule has 9 rings (SSSR count). The molecule has 0 bridgehead atoms. The fourth-order valence-corrected chi connectivity index (χ4v) is 8.08. The summed E-state index contributed by atoms with van der Waals surface area (Å²) in [4.78, 5) is 0. The Labute approximate surface area is 235 Å². The van der Waals surface area contributed by atoms with E-state index in [0.717, 1.165) is 0 Å². The fraction of sp³-hybridized carbons (Fsp3) is 0.150. The Balaban J connectivity index is 1.26. The first-order chi connectivity index (χ1) is 19.3. The second kappa shape index (κ2) is 7.20. The van der Waals surface area contributed by atoms with Crippen LogP contribution in [0.1, 0.15) is 49.9 Å². The highest BCUT2D eigenvalue weighted by Gasteiger charge is 2.41. The highest BCUT2D eigenvalue weighted by atomic mass is 14.4. The van der Waals surface area contributed by atoms with Gasteiger partial charge in [0.05, 0.1) is 0 Å². The van der Waals surface area contributed by atoms with Gasteiger partial charge in [-0.2, -0.15) is 0 Å². The monoisotopic (exact) mass is 510 g/mol. The van der Waals surface area contributed by atoms with Gasteiger partial charge in [-0.05, 0) is 106 Å². The van der Waals surface area contributed by atoms with Gasteiger partial charge in [0, 0.05) is 10.8 Å². The van der Waals surface area contributed by atoms with E-state index in [2.05, 4.69) is 137 Å². The Morgan fingerprint density at radius 3 is 1.68 bits per heavy atom. The maximum Gasteiger partial charge on any atom is 0.0159 e. The lowest BCUT2D eigenvalue weighted by Gasteiger charge is -2.24. The van der Waals surface area contributed by atoms with E-state index in [-0.39, 0.29) is 10.8 Å². The summed E-state index contributed by atoms with van der Waals surface area (Å²) in [5, 5.41) is 8.05. The van der Waals surface area contributed by atoms with Crippen molar-refractivity contribution in [2.45, 2.75) is 38.5 Å². The van der Waals surface area contributed by atoms with Gasteiger partial charge in [0.25, 0.3) is 0 Å². The summed E-state index contributed by atoms with van der Waals surface area (Å²) in [6, 6.07) is 41.6. The van der Waals surface area contributed by atoms with E-state index in [0.29, 0.717) is 0 Å². The zero-order valence-electron chi connectivity index (χ0n) is 23.4. The average molecular weight is 511 g/mol. The van der Waals surface area contributed by atoms with Crippen LogP contribution in [0.15, 0.2) is 109 Å². The number of fused-ring (bicyclic) bond motifs is 6. The van der Waals surface area contributed by atoms with Crippen molar-refractivity contribution < 1.29 is 0 Å². The third-order valence-electron chi connectivity index (χ3n) is 10.2. The lowest BCUT2D eigenvalue weighted by Crippen LogP contribution is -2.17. The molecule has 0 saturated carbocycles. The van der Waals surface area contributed by atoms with Crippen LogP contribution in [-0.2, 0) is 10.8 Å². The summed E-state index contributed by atoms with van der Waals surface area (Å²) in [5.74, 6) is 0. The van der Waals surface area contributed by atoms with Crippen LogP contribution in [0.25, 0.3) is 65.7 Å². The molecule has 7 aromatic rings. The van der Waals surface area contributed by atoms with Crippen molar-refractivity contribution >= 4 is 32.3 Å². The van der Waals surface area contributed by atoms with E-state index in [1.165, 1.54) is 88.0 Å². The molecule has 0 nitrogen and oxygen atoms in total. The normalized spacial score (nSPS) is 15.9. The Morgan fingerprint density at radius 1 is 0.375 bits per heavy atom. The van der Waals surface area contributed by atoms with Crippen LogP contribution in [0.5, 0.6) is 0 Å². The van der Waals surface area contributed by atoms with Gasteiger partial charge in [-0.1, -0.05) is 119 Å². The lowest BCUT2D eigenvalue weighted by atomic mass is 9.79.